The van der Waals surface area contributed by atoms with E-state index in [2.05, 4.69) is 22.0 Å². The van der Waals surface area contributed by atoms with Crippen LogP contribution >= 0.6 is 24.0 Å². The van der Waals surface area contributed by atoms with Crippen molar-refractivity contribution in [1.82, 2.24) is 4.90 Å². The van der Waals surface area contributed by atoms with Gasteiger partial charge in [-0.3, -0.25) is 4.99 Å². The van der Waals surface area contributed by atoms with Crippen molar-refractivity contribution in [3.8, 4) is 0 Å². The summed E-state index contributed by atoms with van der Waals surface area (Å²) in [4.78, 5) is 6.54. The van der Waals surface area contributed by atoms with Crippen molar-refractivity contribution < 1.29 is 4.74 Å². The van der Waals surface area contributed by atoms with Crippen molar-refractivity contribution in [2.45, 2.75) is 25.9 Å². The Morgan fingerprint density at radius 1 is 1.15 bits per heavy atom. The van der Waals surface area contributed by atoms with Crippen molar-refractivity contribution in [2.24, 2.45) is 10.7 Å². The Hall–Kier alpha value is -0.820. The second-order valence-electron chi connectivity index (χ2n) is 4.83. The average Bonchev–Trinajstić information content (AvgIpc) is 2.49. The maximum atomic E-state index is 5.96. The SMILES string of the molecule is I.NC(=NCCOCc1ccccc1)N1CCCCC1. The third-order valence-corrected chi connectivity index (χ3v) is 3.30. The lowest BCUT2D eigenvalue weighted by Gasteiger charge is -2.27. The Kier molecular flexibility index (Phi) is 8.60. The van der Waals surface area contributed by atoms with Gasteiger partial charge in [-0.1, -0.05) is 30.3 Å². The minimum absolute atomic E-state index is 0. The number of hydrogen-bond acceptors (Lipinski definition) is 2. The summed E-state index contributed by atoms with van der Waals surface area (Å²) in [6.45, 7) is 3.97. The molecule has 20 heavy (non-hydrogen) atoms. The molecule has 0 amide bonds. The van der Waals surface area contributed by atoms with Crippen LogP contribution < -0.4 is 5.73 Å². The highest BCUT2D eigenvalue weighted by Crippen LogP contribution is 2.07. The van der Waals surface area contributed by atoms with Crippen LogP contribution in [0.2, 0.25) is 0 Å². The van der Waals surface area contributed by atoms with Crippen LogP contribution in [0, 0.1) is 0 Å². The number of likely N-dealkylation sites (tertiary alicyclic amines) is 1. The smallest absolute Gasteiger partial charge is 0.191 e. The monoisotopic (exact) mass is 389 g/mol. The highest BCUT2D eigenvalue weighted by molar-refractivity contribution is 14.0. The summed E-state index contributed by atoms with van der Waals surface area (Å²) in [6, 6.07) is 10.2. The van der Waals surface area contributed by atoms with E-state index in [1.54, 1.807) is 0 Å². The second kappa shape index (κ2) is 9.99. The van der Waals surface area contributed by atoms with Gasteiger partial charge in [0.2, 0.25) is 0 Å². The second-order valence-corrected chi connectivity index (χ2v) is 4.83. The third kappa shape index (κ3) is 6.09. The number of hydrogen-bond donors (Lipinski definition) is 1. The summed E-state index contributed by atoms with van der Waals surface area (Å²) >= 11 is 0. The molecule has 1 fully saturated rings. The van der Waals surface area contributed by atoms with E-state index in [1.807, 2.05) is 18.2 Å². The van der Waals surface area contributed by atoms with Gasteiger partial charge in [-0.25, -0.2) is 0 Å². The maximum absolute atomic E-state index is 5.96. The lowest BCUT2D eigenvalue weighted by molar-refractivity contribution is 0.128. The summed E-state index contributed by atoms with van der Waals surface area (Å²) < 4.78 is 5.58. The van der Waals surface area contributed by atoms with Gasteiger partial charge in [-0.05, 0) is 24.8 Å². The molecule has 2 N–H and O–H groups in total. The molecule has 1 aromatic rings. The molecule has 4 nitrogen and oxygen atoms in total. The quantitative estimate of drug-likeness (QED) is 0.365. The zero-order chi connectivity index (χ0) is 13.3. The van der Waals surface area contributed by atoms with Gasteiger partial charge in [-0.2, -0.15) is 0 Å². The molecule has 1 heterocycles. The van der Waals surface area contributed by atoms with E-state index in [1.165, 1.54) is 24.8 Å². The number of benzene rings is 1. The van der Waals surface area contributed by atoms with Crippen molar-refractivity contribution in [2.75, 3.05) is 26.2 Å². The van der Waals surface area contributed by atoms with Gasteiger partial charge in [0, 0.05) is 13.1 Å². The van der Waals surface area contributed by atoms with E-state index in [4.69, 9.17) is 10.5 Å². The lowest BCUT2D eigenvalue weighted by atomic mass is 10.1. The highest BCUT2D eigenvalue weighted by atomic mass is 127. The Labute approximate surface area is 138 Å². The Morgan fingerprint density at radius 3 is 2.55 bits per heavy atom. The number of nitrogens with two attached hydrogens (primary N) is 1. The number of halogens is 1. The normalized spacial score (nSPS) is 15.8. The highest BCUT2D eigenvalue weighted by Gasteiger charge is 2.11. The molecule has 2 rings (SSSR count). The van der Waals surface area contributed by atoms with Gasteiger partial charge in [0.25, 0.3) is 0 Å². The molecule has 1 saturated heterocycles. The number of nitrogens with zero attached hydrogens (tertiary/aromatic N) is 2. The predicted molar refractivity (Wildman–Crippen MR) is 93.4 cm³/mol. The summed E-state index contributed by atoms with van der Waals surface area (Å²) in [7, 11) is 0. The molecular weight excluding hydrogens is 365 g/mol. The van der Waals surface area contributed by atoms with Crippen LogP contribution in [0.25, 0.3) is 0 Å². The molecule has 1 aliphatic heterocycles. The van der Waals surface area contributed by atoms with E-state index in [0.717, 1.165) is 13.1 Å². The molecule has 0 spiro atoms. The zero-order valence-corrected chi connectivity index (χ0v) is 14.2. The van der Waals surface area contributed by atoms with Gasteiger partial charge >= 0.3 is 0 Å². The number of guanidine groups is 1. The molecule has 5 heteroatoms. The molecule has 1 aromatic carbocycles. The largest absolute Gasteiger partial charge is 0.375 e. The fraction of sp³-hybridized carbons (Fsp3) is 0.533. The minimum atomic E-state index is 0. The van der Waals surface area contributed by atoms with Crippen molar-refractivity contribution in [3.63, 3.8) is 0 Å². The molecular formula is C15H24IN3O. The molecule has 0 radical (unpaired) electrons. The van der Waals surface area contributed by atoms with E-state index in [9.17, 15) is 0 Å². The fourth-order valence-corrected chi connectivity index (χ4v) is 2.21. The van der Waals surface area contributed by atoms with Crippen LogP contribution in [-0.2, 0) is 11.3 Å². The van der Waals surface area contributed by atoms with Crippen molar-refractivity contribution >= 4 is 29.9 Å². The summed E-state index contributed by atoms with van der Waals surface area (Å²) in [6.07, 6.45) is 3.76. The zero-order valence-electron chi connectivity index (χ0n) is 11.8. The van der Waals surface area contributed by atoms with E-state index >= 15 is 0 Å². The standard InChI is InChI=1S/C15H23N3O.HI/c16-15(18-10-5-2-6-11-18)17-9-12-19-13-14-7-3-1-4-8-14;/h1,3-4,7-8H,2,5-6,9-13H2,(H2,16,17);1H. The lowest BCUT2D eigenvalue weighted by Crippen LogP contribution is -2.41. The van der Waals surface area contributed by atoms with Crippen LogP contribution in [0.5, 0.6) is 0 Å². The molecule has 112 valence electrons. The van der Waals surface area contributed by atoms with E-state index < -0.39 is 0 Å². The Balaban J connectivity index is 0.00000200. The number of ether oxygens (including phenoxy) is 1. The maximum Gasteiger partial charge on any atom is 0.191 e. The first kappa shape index (κ1) is 17.2. The van der Waals surface area contributed by atoms with Crippen LogP contribution in [0.4, 0.5) is 0 Å². The van der Waals surface area contributed by atoms with Gasteiger partial charge in [0.1, 0.15) is 0 Å². The molecule has 0 aliphatic carbocycles. The van der Waals surface area contributed by atoms with E-state index in [0.29, 0.717) is 25.7 Å². The summed E-state index contributed by atoms with van der Waals surface area (Å²) in [5.41, 5.74) is 7.15. The minimum Gasteiger partial charge on any atom is -0.375 e. The predicted octanol–water partition coefficient (Wildman–Crippen LogP) is 2.62. The first-order valence-corrected chi connectivity index (χ1v) is 7.03. The summed E-state index contributed by atoms with van der Waals surface area (Å²) in [5, 5.41) is 0. The van der Waals surface area contributed by atoms with Gasteiger partial charge in [-0.15, -0.1) is 24.0 Å². The van der Waals surface area contributed by atoms with E-state index in [-0.39, 0.29) is 24.0 Å². The van der Waals surface area contributed by atoms with Crippen molar-refractivity contribution in [1.29, 1.82) is 0 Å². The Morgan fingerprint density at radius 2 is 1.85 bits per heavy atom. The van der Waals surface area contributed by atoms with Crippen LogP contribution in [-0.4, -0.2) is 37.1 Å². The van der Waals surface area contributed by atoms with Crippen LogP contribution in [0.1, 0.15) is 24.8 Å². The first-order valence-electron chi connectivity index (χ1n) is 7.03. The first-order chi connectivity index (χ1) is 9.36. The molecule has 1 aliphatic rings. The Bertz CT molecular complexity index is 391. The molecule has 0 bridgehead atoms. The molecule has 0 aromatic heterocycles. The van der Waals surface area contributed by atoms with Gasteiger partial charge < -0.3 is 15.4 Å². The van der Waals surface area contributed by atoms with Crippen molar-refractivity contribution in [3.05, 3.63) is 35.9 Å². The van der Waals surface area contributed by atoms with Gasteiger partial charge in [0.05, 0.1) is 19.8 Å². The molecule has 0 saturated carbocycles. The fourth-order valence-electron chi connectivity index (χ4n) is 2.21. The summed E-state index contributed by atoms with van der Waals surface area (Å²) in [5.74, 6) is 0.669. The number of rotatable bonds is 5. The van der Waals surface area contributed by atoms with Gasteiger partial charge in [0.15, 0.2) is 5.96 Å². The number of aliphatic imine (C=N–C) groups is 1. The van der Waals surface area contributed by atoms with Crippen LogP contribution in [0.15, 0.2) is 35.3 Å². The molecule has 0 atom stereocenters. The third-order valence-electron chi connectivity index (χ3n) is 3.30. The van der Waals surface area contributed by atoms with Crippen LogP contribution in [0.3, 0.4) is 0 Å². The topological polar surface area (TPSA) is 50.9 Å². The average molecular weight is 389 g/mol. The number of piperidine rings is 1. The molecule has 0 unspecified atom stereocenters.